The summed E-state index contributed by atoms with van der Waals surface area (Å²) < 4.78 is 33.8. The van der Waals surface area contributed by atoms with Crippen molar-refractivity contribution in [2.75, 3.05) is 19.5 Å². The molecule has 0 spiro atoms. The second-order valence-electron chi connectivity index (χ2n) is 3.53. The maximum Gasteiger partial charge on any atom is 0.185 e. The molecule has 0 atom stereocenters. The van der Waals surface area contributed by atoms with E-state index in [1.165, 1.54) is 6.07 Å². The highest BCUT2D eigenvalue weighted by molar-refractivity contribution is 7.90. The van der Waals surface area contributed by atoms with Gasteiger partial charge in [0.1, 0.15) is 0 Å². The van der Waals surface area contributed by atoms with Crippen LogP contribution in [0.15, 0.2) is 23.1 Å². The van der Waals surface area contributed by atoms with Gasteiger partial charge >= 0.3 is 0 Å². The third-order valence-electron chi connectivity index (χ3n) is 2.25. The first-order valence-electron chi connectivity index (χ1n) is 4.71. The number of hydrogen-bond acceptors (Lipinski definition) is 4. The van der Waals surface area contributed by atoms with Crippen LogP contribution in [0, 0.1) is 0 Å². The molecule has 0 amide bonds. The van der Waals surface area contributed by atoms with Crippen molar-refractivity contribution in [3.8, 4) is 0 Å². The van der Waals surface area contributed by atoms with Crippen LogP contribution >= 0.6 is 11.6 Å². The zero-order chi connectivity index (χ0) is 11.8. The van der Waals surface area contributed by atoms with Crippen molar-refractivity contribution < 1.29 is 17.9 Å². The van der Waals surface area contributed by atoms with E-state index in [2.05, 4.69) is 0 Å². The number of sulfone groups is 1. The molecular formula is C10H11ClO4S. The molecule has 0 aromatic heterocycles. The second kappa shape index (κ2) is 4.33. The van der Waals surface area contributed by atoms with Gasteiger partial charge in [0.15, 0.2) is 16.1 Å². The van der Waals surface area contributed by atoms with Crippen LogP contribution in [-0.2, 0) is 19.3 Å². The molecule has 88 valence electrons. The summed E-state index contributed by atoms with van der Waals surface area (Å²) in [6, 6.07) is 4.66. The lowest BCUT2D eigenvalue weighted by molar-refractivity contribution is -0.0461. The largest absolute Gasteiger partial charge is 0.346 e. The lowest BCUT2D eigenvalue weighted by atomic mass is 10.2. The number of rotatable bonds is 2. The van der Waals surface area contributed by atoms with Crippen molar-refractivity contribution in [2.45, 2.75) is 11.2 Å². The average Bonchev–Trinajstić information content (AvgIpc) is 2.69. The van der Waals surface area contributed by atoms with Crippen LogP contribution in [-0.4, -0.2) is 27.9 Å². The highest BCUT2D eigenvalue weighted by Gasteiger charge is 2.25. The molecule has 0 radical (unpaired) electrons. The second-order valence-corrected chi connectivity index (χ2v) is 5.95. The molecule has 0 unspecified atom stereocenters. The highest BCUT2D eigenvalue weighted by Crippen LogP contribution is 2.30. The van der Waals surface area contributed by atoms with Gasteiger partial charge in [0, 0.05) is 16.8 Å². The van der Waals surface area contributed by atoms with Gasteiger partial charge in [-0.15, -0.1) is 0 Å². The Kier molecular flexibility index (Phi) is 3.21. The minimum Gasteiger partial charge on any atom is -0.346 e. The molecule has 0 N–H and O–H groups in total. The lowest BCUT2D eigenvalue weighted by Crippen LogP contribution is -2.07. The normalized spacial score (nSPS) is 17.9. The van der Waals surface area contributed by atoms with E-state index in [-0.39, 0.29) is 4.90 Å². The van der Waals surface area contributed by atoms with Crippen LogP contribution in [0.1, 0.15) is 11.9 Å². The Labute approximate surface area is 99.0 Å². The van der Waals surface area contributed by atoms with E-state index >= 15 is 0 Å². The standard InChI is InChI=1S/C10H11ClO4S/c1-16(12,13)9-6-7(11)2-3-8(9)10-14-4-5-15-10/h2-3,6,10H,4-5H2,1H3. The zero-order valence-electron chi connectivity index (χ0n) is 8.64. The Morgan fingerprint density at radius 1 is 1.31 bits per heavy atom. The number of halogens is 1. The minimum absolute atomic E-state index is 0.159. The fraction of sp³-hybridized carbons (Fsp3) is 0.400. The Morgan fingerprint density at radius 2 is 1.94 bits per heavy atom. The molecule has 1 saturated heterocycles. The molecule has 1 aliphatic rings. The van der Waals surface area contributed by atoms with Gasteiger partial charge in [0.25, 0.3) is 0 Å². The fourth-order valence-corrected chi connectivity index (χ4v) is 2.73. The first kappa shape index (κ1) is 11.9. The summed E-state index contributed by atoms with van der Waals surface area (Å²) in [4.78, 5) is 0.159. The quantitative estimate of drug-likeness (QED) is 0.815. The van der Waals surface area contributed by atoms with Gasteiger partial charge in [-0.25, -0.2) is 8.42 Å². The topological polar surface area (TPSA) is 52.6 Å². The molecule has 6 heteroatoms. The van der Waals surface area contributed by atoms with Crippen molar-refractivity contribution in [1.29, 1.82) is 0 Å². The molecule has 0 bridgehead atoms. The molecule has 1 aromatic rings. The summed E-state index contributed by atoms with van der Waals surface area (Å²) >= 11 is 5.78. The third-order valence-corrected chi connectivity index (χ3v) is 3.64. The van der Waals surface area contributed by atoms with Crippen molar-refractivity contribution >= 4 is 21.4 Å². The summed E-state index contributed by atoms with van der Waals surface area (Å²) in [6.45, 7) is 0.937. The van der Waals surface area contributed by atoms with Gasteiger partial charge in [-0.1, -0.05) is 17.7 Å². The summed E-state index contributed by atoms with van der Waals surface area (Å²) in [5, 5.41) is 0.377. The average molecular weight is 263 g/mol. The smallest absolute Gasteiger partial charge is 0.185 e. The predicted molar refractivity (Wildman–Crippen MR) is 59.2 cm³/mol. The maximum absolute atomic E-state index is 11.6. The molecular weight excluding hydrogens is 252 g/mol. The number of benzene rings is 1. The van der Waals surface area contributed by atoms with Gasteiger partial charge in [0.05, 0.1) is 18.1 Å². The summed E-state index contributed by atoms with van der Waals surface area (Å²) in [7, 11) is -3.34. The zero-order valence-corrected chi connectivity index (χ0v) is 10.2. The number of ether oxygens (including phenoxy) is 2. The lowest BCUT2D eigenvalue weighted by Gasteiger charge is -2.13. The van der Waals surface area contributed by atoms with E-state index in [0.717, 1.165) is 6.26 Å². The number of hydrogen-bond donors (Lipinski definition) is 0. The van der Waals surface area contributed by atoms with E-state index < -0.39 is 16.1 Å². The molecule has 0 saturated carbocycles. The monoisotopic (exact) mass is 262 g/mol. The molecule has 1 heterocycles. The predicted octanol–water partition coefficient (Wildman–Crippen LogP) is 1.79. The van der Waals surface area contributed by atoms with Crippen LogP contribution in [0.25, 0.3) is 0 Å². The van der Waals surface area contributed by atoms with Crippen molar-refractivity contribution in [3.05, 3.63) is 28.8 Å². The van der Waals surface area contributed by atoms with E-state index in [1.807, 2.05) is 0 Å². The van der Waals surface area contributed by atoms with E-state index in [4.69, 9.17) is 21.1 Å². The summed E-state index contributed by atoms with van der Waals surface area (Å²) in [5.74, 6) is 0. The highest BCUT2D eigenvalue weighted by atomic mass is 35.5. The third kappa shape index (κ3) is 2.38. The van der Waals surface area contributed by atoms with E-state index in [0.29, 0.717) is 23.8 Å². The first-order valence-corrected chi connectivity index (χ1v) is 6.98. The van der Waals surface area contributed by atoms with Crippen molar-refractivity contribution in [1.82, 2.24) is 0 Å². The van der Waals surface area contributed by atoms with Crippen LogP contribution in [0.2, 0.25) is 5.02 Å². The Bertz CT molecular complexity index is 492. The first-order chi connectivity index (χ1) is 7.48. The van der Waals surface area contributed by atoms with Gasteiger partial charge in [-0.05, 0) is 12.1 Å². The molecule has 1 aliphatic heterocycles. The maximum atomic E-state index is 11.6. The molecule has 0 aliphatic carbocycles. The van der Waals surface area contributed by atoms with Gasteiger partial charge in [-0.3, -0.25) is 0 Å². The minimum atomic E-state index is -3.34. The Hall–Kier alpha value is -0.620. The van der Waals surface area contributed by atoms with E-state index in [9.17, 15) is 8.42 Å². The fourth-order valence-electron chi connectivity index (χ4n) is 1.56. The van der Waals surface area contributed by atoms with Gasteiger partial charge in [-0.2, -0.15) is 0 Å². The van der Waals surface area contributed by atoms with Crippen LogP contribution in [0.5, 0.6) is 0 Å². The molecule has 1 aromatic carbocycles. The van der Waals surface area contributed by atoms with Crippen molar-refractivity contribution in [3.63, 3.8) is 0 Å². The molecule has 16 heavy (non-hydrogen) atoms. The molecule has 1 fully saturated rings. The molecule has 4 nitrogen and oxygen atoms in total. The Morgan fingerprint density at radius 3 is 2.50 bits per heavy atom. The van der Waals surface area contributed by atoms with Crippen molar-refractivity contribution in [2.24, 2.45) is 0 Å². The Balaban J connectivity index is 2.52. The van der Waals surface area contributed by atoms with Crippen LogP contribution in [0.4, 0.5) is 0 Å². The summed E-state index contributed by atoms with van der Waals surface area (Å²) in [6.07, 6.45) is 0.527. The van der Waals surface area contributed by atoms with Gasteiger partial charge in [0.2, 0.25) is 0 Å². The SMILES string of the molecule is CS(=O)(=O)c1cc(Cl)ccc1C1OCCO1. The van der Waals surface area contributed by atoms with Gasteiger partial charge < -0.3 is 9.47 Å². The molecule has 2 rings (SSSR count). The summed E-state index contributed by atoms with van der Waals surface area (Å²) in [5.41, 5.74) is 0.504. The van der Waals surface area contributed by atoms with E-state index in [1.54, 1.807) is 12.1 Å². The van der Waals surface area contributed by atoms with Crippen LogP contribution < -0.4 is 0 Å². The van der Waals surface area contributed by atoms with Crippen LogP contribution in [0.3, 0.4) is 0 Å².